The average Bonchev–Trinajstić information content (AvgIpc) is 2.23. The lowest BCUT2D eigenvalue weighted by molar-refractivity contribution is -0.137. The molecule has 7 heteroatoms. The largest absolute Gasteiger partial charge is 0.481 e. The average molecular weight is 281 g/mol. The number of aliphatic hydroxyl groups excluding tert-OH is 1. The van der Waals surface area contributed by atoms with Gasteiger partial charge in [-0.25, -0.2) is 13.1 Å². The van der Waals surface area contributed by atoms with E-state index in [4.69, 9.17) is 10.2 Å². The zero-order chi connectivity index (χ0) is 14.2. The maximum absolute atomic E-state index is 11.6. The standard InChI is InChI=1S/C11H23NO5S/c1-11(2,6-4-7-13)9-12-18(16,17)8-3-5-10(14)15/h12-13H,3-9H2,1-2H3,(H,14,15). The normalized spacial score (nSPS) is 12.6. The first kappa shape index (κ1) is 17.3. The van der Waals surface area contributed by atoms with Gasteiger partial charge in [-0.05, 0) is 24.7 Å². The van der Waals surface area contributed by atoms with Gasteiger partial charge in [0.05, 0.1) is 5.75 Å². The minimum absolute atomic E-state index is 0.0921. The highest BCUT2D eigenvalue weighted by Gasteiger charge is 2.20. The summed E-state index contributed by atoms with van der Waals surface area (Å²) in [4.78, 5) is 10.3. The van der Waals surface area contributed by atoms with Crippen molar-refractivity contribution >= 4 is 16.0 Å². The fraction of sp³-hybridized carbons (Fsp3) is 0.909. The molecule has 0 aliphatic heterocycles. The predicted octanol–water partition coefficient (Wildman–Crippen LogP) is 0.569. The molecule has 0 radical (unpaired) electrons. The zero-order valence-corrected chi connectivity index (χ0v) is 11.8. The number of carboxylic acid groups (broad SMARTS) is 1. The number of carboxylic acids is 1. The fourth-order valence-corrected chi connectivity index (χ4v) is 2.72. The number of hydrogen-bond acceptors (Lipinski definition) is 4. The van der Waals surface area contributed by atoms with Crippen molar-refractivity contribution in [3.8, 4) is 0 Å². The van der Waals surface area contributed by atoms with E-state index >= 15 is 0 Å². The van der Waals surface area contributed by atoms with Gasteiger partial charge in [0.25, 0.3) is 0 Å². The summed E-state index contributed by atoms with van der Waals surface area (Å²) < 4.78 is 25.6. The van der Waals surface area contributed by atoms with Crippen LogP contribution in [-0.4, -0.2) is 43.5 Å². The van der Waals surface area contributed by atoms with Gasteiger partial charge in [0.2, 0.25) is 10.0 Å². The summed E-state index contributed by atoms with van der Waals surface area (Å²) in [5.41, 5.74) is -0.220. The molecule has 6 nitrogen and oxygen atoms in total. The second-order valence-corrected chi connectivity index (χ2v) is 7.06. The lowest BCUT2D eigenvalue weighted by Gasteiger charge is -2.24. The molecule has 0 unspecified atom stereocenters. The highest BCUT2D eigenvalue weighted by atomic mass is 32.2. The first-order valence-corrected chi connectivity index (χ1v) is 7.64. The number of aliphatic hydroxyl groups is 1. The molecule has 0 atom stereocenters. The van der Waals surface area contributed by atoms with Crippen molar-refractivity contribution in [3.05, 3.63) is 0 Å². The highest BCUT2D eigenvalue weighted by molar-refractivity contribution is 7.89. The van der Waals surface area contributed by atoms with Crippen LogP contribution in [0.2, 0.25) is 0 Å². The number of hydrogen-bond donors (Lipinski definition) is 3. The van der Waals surface area contributed by atoms with Gasteiger partial charge in [-0.3, -0.25) is 4.79 Å². The molecule has 0 rings (SSSR count). The zero-order valence-electron chi connectivity index (χ0n) is 11.0. The van der Waals surface area contributed by atoms with Crippen molar-refractivity contribution in [2.24, 2.45) is 5.41 Å². The van der Waals surface area contributed by atoms with Crippen LogP contribution in [0.5, 0.6) is 0 Å². The first-order valence-electron chi connectivity index (χ1n) is 5.98. The van der Waals surface area contributed by atoms with Crippen LogP contribution >= 0.6 is 0 Å². The fourth-order valence-electron chi connectivity index (χ4n) is 1.44. The molecule has 18 heavy (non-hydrogen) atoms. The summed E-state index contributed by atoms with van der Waals surface area (Å²) in [6, 6.07) is 0. The van der Waals surface area contributed by atoms with Gasteiger partial charge < -0.3 is 10.2 Å². The third kappa shape index (κ3) is 9.38. The summed E-state index contributed by atoms with van der Waals surface area (Å²) in [5.74, 6) is -1.16. The molecule has 0 saturated heterocycles. The van der Waals surface area contributed by atoms with Crippen molar-refractivity contribution in [2.45, 2.75) is 39.5 Å². The van der Waals surface area contributed by atoms with E-state index in [1.807, 2.05) is 13.8 Å². The molecule has 0 fully saturated rings. The third-order valence-corrected chi connectivity index (χ3v) is 4.00. The molecule has 0 amide bonds. The molecule has 3 N–H and O–H groups in total. The van der Waals surface area contributed by atoms with Crippen molar-refractivity contribution in [2.75, 3.05) is 18.9 Å². The Morgan fingerprint density at radius 2 is 1.89 bits per heavy atom. The van der Waals surface area contributed by atoms with E-state index in [1.165, 1.54) is 0 Å². The first-order chi connectivity index (χ1) is 8.18. The van der Waals surface area contributed by atoms with Gasteiger partial charge in [0.15, 0.2) is 0 Å². The Bertz CT molecular complexity index is 350. The molecule has 0 heterocycles. The van der Waals surface area contributed by atoms with E-state index in [2.05, 4.69) is 4.72 Å². The molecule has 0 aromatic heterocycles. The van der Waals surface area contributed by atoms with E-state index < -0.39 is 16.0 Å². The molecular weight excluding hydrogens is 258 g/mol. The van der Waals surface area contributed by atoms with Crippen molar-refractivity contribution < 1.29 is 23.4 Å². The van der Waals surface area contributed by atoms with Gasteiger partial charge in [-0.1, -0.05) is 13.8 Å². The summed E-state index contributed by atoms with van der Waals surface area (Å²) in [6.45, 7) is 4.22. The SMILES string of the molecule is CC(C)(CCCO)CNS(=O)(=O)CCCC(=O)O. The Morgan fingerprint density at radius 1 is 1.28 bits per heavy atom. The summed E-state index contributed by atoms with van der Waals surface area (Å²) in [6.07, 6.45) is 1.32. The Balaban J connectivity index is 4.05. The quantitative estimate of drug-likeness (QED) is 0.543. The van der Waals surface area contributed by atoms with Gasteiger partial charge in [0.1, 0.15) is 0 Å². The second kappa shape index (κ2) is 7.70. The summed E-state index contributed by atoms with van der Waals surface area (Å²) in [7, 11) is -3.41. The van der Waals surface area contributed by atoms with Crippen LogP contribution in [0.3, 0.4) is 0 Å². The smallest absolute Gasteiger partial charge is 0.303 e. The molecular formula is C11H23NO5S. The van der Waals surface area contributed by atoms with Crippen LogP contribution in [0, 0.1) is 5.41 Å². The van der Waals surface area contributed by atoms with Crippen molar-refractivity contribution in [1.82, 2.24) is 4.72 Å². The molecule has 0 saturated carbocycles. The third-order valence-electron chi connectivity index (χ3n) is 2.59. The Kier molecular flexibility index (Phi) is 7.42. The second-order valence-electron chi connectivity index (χ2n) is 5.13. The van der Waals surface area contributed by atoms with Gasteiger partial charge in [0, 0.05) is 19.6 Å². The highest BCUT2D eigenvalue weighted by Crippen LogP contribution is 2.21. The van der Waals surface area contributed by atoms with E-state index in [9.17, 15) is 13.2 Å². The van der Waals surface area contributed by atoms with Crippen LogP contribution in [0.15, 0.2) is 0 Å². The molecule has 108 valence electrons. The summed E-state index contributed by atoms with van der Waals surface area (Å²) >= 11 is 0. The molecule has 0 aliphatic rings. The van der Waals surface area contributed by atoms with E-state index in [0.717, 1.165) is 6.42 Å². The summed E-state index contributed by atoms with van der Waals surface area (Å²) in [5, 5.41) is 17.2. The molecule has 0 aliphatic carbocycles. The number of rotatable bonds is 10. The molecule has 0 aromatic rings. The number of aliphatic carboxylic acids is 1. The predicted molar refractivity (Wildman–Crippen MR) is 68.8 cm³/mol. The molecule has 0 bridgehead atoms. The van der Waals surface area contributed by atoms with Crippen LogP contribution in [0.4, 0.5) is 0 Å². The van der Waals surface area contributed by atoms with Crippen molar-refractivity contribution in [1.29, 1.82) is 0 Å². The van der Waals surface area contributed by atoms with Gasteiger partial charge in [-0.15, -0.1) is 0 Å². The lowest BCUT2D eigenvalue weighted by atomic mass is 9.88. The topological polar surface area (TPSA) is 104 Å². The minimum Gasteiger partial charge on any atom is -0.481 e. The molecule has 0 aromatic carbocycles. The van der Waals surface area contributed by atoms with Crippen LogP contribution in [-0.2, 0) is 14.8 Å². The monoisotopic (exact) mass is 281 g/mol. The van der Waals surface area contributed by atoms with Crippen LogP contribution in [0.25, 0.3) is 0 Å². The maximum atomic E-state index is 11.6. The van der Waals surface area contributed by atoms with E-state index in [-0.39, 0.29) is 30.6 Å². The Morgan fingerprint density at radius 3 is 2.39 bits per heavy atom. The maximum Gasteiger partial charge on any atom is 0.303 e. The van der Waals surface area contributed by atoms with Crippen LogP contribution < -0.4 is 4.72 Å². The van der Waals surface area contributed by atoms with Crippen LogP contribution in [0.1, 0.15) is 39.5 Å². The minimum atomic E-state index is -3.41. The lowest BCUT2D eigenvalue weighted by Crippen LogP contribution is -2.35. The number of nitrogens with one attached hydrogen (secondary N) is 1. The van der Waals surface area contributed by atoms with E-state index in [1.54, 1.807) is 0 Å². The number of carbonyl (C=O) groups is 1. The Labute approximate surface area is 108 Å². The van der Waals surface area contributed by atoms with Gasteiger partial charge >= 0.3 is 5.97 Å². The molecule has 0 spiro atoms. The number of sulfonamides is 1. The van der Waals surface area contributed by atoms with E-state index in [0.29, 0.717) is 13.0 Å². The van der Waals surface area contributed by atoms with Gasteiger partial charge in [-0.2, -0.15) is 0 Å². The Hall–Kier alpha value is -0.660. The van der Waals surface area contributed by atoms with Crippen molar-refractivity contribution in [3.63, 3.8) is 0 Å².